The molecule has 7 nitrogen and oxygen atoms in total. The third kappa shape index (κ3) is 3.09. The Morgan fingerprint density at radius 2 is 2.00 bits per heavy atom. The van der Waals surface area contributed by atoms with Crippen LogP contribution >= 0.6 is 11.6 Å². The molecule has 132 valence electrons. The highest BCUT2D eigenvalue weighted by atomic mass is 35.5. The van der Waals surface area contributed by atoms with Crippen molar-refractivity contribution >= 4 is 23.3 Å². The van der Waals surface area contributed by atoms with Gasteiger partial charge in [-0.15, -0.1) is 0 Å². The minimum atomic E-state index is -0.304. The molecule has 2 fully saturated rings. The van der Waals surface area contributed by atoms with E-state index in [1.165, 1.54) is 6.33 Å². The molecule has 1 aromatic carbocycles. The van der Waals surface area contributed by atoms with Crippen LogP contribution in [0.5, 0.6) is 0 Å². The molecule has 1 atom stereocenters. The fourth-order valence-corrected chi connectivity index (χ4v) is 3.65. The summed E-state index contributed by atoms with van der Waals surface area (Å²) in [5.41, 5.74) is 1.59. The molecule has 2 aliphatic rings. The number of aromatic nitrogens is 2. The van der Waals surface area contributed by atoms with Crippen molar-refractivity contribution < 1.29 is 4.79 Å². The zero-order chi connectivity index (χ0) is 18.1. The number of hydrogen-bond acceptors (Lipinski definition) is 6. The molecule has 2 aromatic rings. The maximum absolute atomic E-state index is 13.0. The number of nitrogens with zero attached hydrogens (tertiary/aromatic N) is 6. The van der Waals surface area contributed by atoms with Gasteiger partial charge in [-0.25, -0.2) is 9.97 Å². The number of rotatable bonds is 2. The maximum Gasteiger partial charge on any atom is 0.247 e. The topological polar surface area (TPSA) is 76.4 Å². The lowest BCUT2D eigenvalue weighted by Gasteiger charge is -2.44. The van der Waals surface area contributed by atoms with Gasteiger partial charge in [0.1, 0.15) is 18.2 Å². The van der Waals surface area contributed by atoms with Crippen molar-refractivity contribution in [3.05, 3.63) is 41.7 Å². The van der Waals surface area contributed by atoms with Gasteiger partial charge in [-0.05, 0) is 12.1 Å². The van der Waals surface area contributed by atoms with Crippen molar-refractivity contribution in [2.45, 2.75) is 6.04 Å². The minimum Gasteiger partial charge on any atom is -0.307 e. The molecule has 0 unspecified atom stereocenters. The molecule has 1 amide bonds. The number of benzene rings is 1. The number of amides is 1. The van der Waals surface area contributed by atoms with E-state index in [4.69, 9.17) is 16.9 Å². The van der Waals surface area contributed by atoms with Crippen molar-refractivity contribution in [1.82, 2.24) is 19.8 Å². The zero-order valence-electron chi connectivity index (χ0n) is 14.0. The van der Waals surface area contributed by atoms with E-state index in [1.807, 2.05) is 24.3 Å². The number of halogens is 1. The number of carbonyl (C=O) groups excluding carboxylic acids is 1. The molecular weight excluding hydrogens is 352 g/mol. The molecule has 0 bridgehead atoms. The number of hydrogen-bond donors (Lipinski definition) is 0. The molecule has 0 saturated carbocycles. The van der Waals surface area contributed by atoms with Crippen molar-refractivity contribution in [2.24, 2.45) is 0 Å². The van der Waals surface area contributed by atoms with E-state index in [1.54, 1.807) is 15.9 Å². The predicted molar refractivity (Wildman–Crippen MR) is 97.4 cm³/mol. The molecule has 1 aromatic heterocycles. The average molecular weight is 369 g/mol. The van der Waals surface area contributed by atoms with Crippen LogP contribution in [0.4, 0.5) is 5.82 Å². The van der Waals surface area contributed by atoms with E-state index in [-0.39, 0.29) is 11.9 Å². The highest BCUT2D eigenvalue weighted by Gasteiger charge is 2.39. The van der Waals surface area contributed by atoms with E-state index < -0.39 is 0 Å². The van der Waals surface area contributed by atoms with Gasteiger partial charge in [-0.2, -0.15) is 5.26 Å². The molecule has 0 aliphatic carbocycles. The Labute approximate surface area is 156 Å². The SMILES string of the molecule is N#CN1CCN2CCN(c3cc(-c4cccc(Cl)c4)ncn3)C(=O)[C@H]2C1. The lowest BCUT2D eigenvalue weighted by Crippen LogP contribution is -2.64. The molecule has 2 saturated heterocycles. The van der Waals surface area contributed by atoms with Gasteiger partial charge >= 0.3 is 0 Å². The second-order valence-electron chi connectivity index (χ2n) is 6.36. The minimum absolute atomic E-state index is 0.0213. The Hall–Kier alpha value is -2.69. The van der Waals surface area contributed by atoms with E-state index in [0.29, 0.717) is 30.5 Å². The Balaban J connectivity index is 1.61. The highest BCUT2D eigenvalue weighted by molar-refractivity contribution is 6.30. The summed E-state index contributed by atoms with van der Waals surface area (Å²) in [7, 11) is 0. The Morgan fingerprint density at radius 3 is 2.81 bits per heavy atom. The molecule has 26 heavy (non-hydrogen) atoms. The van der Waals surface area contributed by atoms with Crippen LogP contribution in [0.25, 0.3) is 11.3 Å². The summed E-state index contributed by atoms with van der Waals surface area (Å²) in [6.07, 6.45) is 3.61. The van der Waals surface area contributed by atoms with Crippen molar-refractivity contribution in [2.75, 3.05) is 37.6 Å². The Kier molecular flexibility index (Phi) is 4.45. The first-order valence-electron chi connectivity index (χ1n) is 8.44. The van der Waals surface area contributed by atoms with Gasteiger partial charge in [0.15, 0.2) is 6.19 Å². The average Bonchev–Trinajstić information content (AvgIpc) is 2.68. The van der Waals surface area contributed by atoms with E-state index in [9.17, 15) is 4.79 Å². The second kappa shape index (κ2) is 6.90. The van der Waals surface area contributed by atoms with Gasteiger partial charge in [0, 0.05) is 42.8 Å². The molecule has 4 rings (SSSR count). The third-order valence-electron chi connectivity index (χ3n) is 4.84. The van der Waals surface area contributed by atoms with Crippen molar-refractivity contribution in [1.29, 1.82) is 5.26 Å². The maximum atomic E-state index is 13.0. The monoisotopic (exact) mass is 368 g/mol. The fraction of sp³-hybridized carbons (Fsp3) is 0.333. The number of carbonyl (C=O) groups is 1. The number of piperazine rings is 2. The van der Waals surface area contributed by atoms with Crippen LogP contribution in [0.15, 0.2) is 36.7 Å². The zero-order valence-corrected chi connectivity index (χ0v) is 14.8. The quantitative estimate of drug-likeness (QED) is 0.749. The van der Waals surface area contributed by atoms with Crippen LogP contribution in [-0.4, -0.2) is 64.4 Å². The Morgan fingerprint density at radius 1 is 1.15 bits per heavy atom. The normalized spacial score (nSPS) is 20.6. The summed E-state index contributed by atoms with van der Waals surface area (Å²) in [6, 6.07) is 8.93. The first-order chi connectivity index (χ1) is 12.7. The predicted octanol–water partition coefficient (Wildman–Crippen LogP) is 1.61. The lowest BCUT2D eigenvalue weighted by molar-refractivity contribution is -0.127. The first-order valence-corrected chi connectivity index (χ1v) is 8.81. The molecule has 2 aliphatic heterocycles. The van der Waals surface area contributed by atoms with Crippen LogP contribution in [0.2, 0.25) is 5.02 Å². The summed E-state index contributed by atoms with van der Waals surface area (Å²) < 4.78 is 0. The molecule has 0 radical (unpaired) electrons. The van der Waals surface area contributed by atoms with Gasteiger partial charge < -0.3 is 4.90 Å². The first kappa shape index (κ1) is 16.8. The third-order valence-corrected chi connectivity index (χ3v) is 5.08. The van der Waals surface area contributed by atoms with Crippen molar-refractivity contribution in [3.8, 4) is 17.5 Å². The summed E-state index contributed by atoms with van der Waals surface area (Å²) in [5, 5.41) is 9.77. The summed E-state index contributed by atoms with van der Waals surface area (Å²) in [4.78, 5) is 27.1. The van der Waals surface area contributed by atoms with Crippen LogP contribution in [-0.2, 0) is 4.79 Å². The number of fused-ring (bicyclic) bond motifs is 1. The highest BCUT2D eigenvalue weighted by Crippen LogP contribution is 2.26. The van der Waals surface area contributed by atoms with Crippen molar-refractivity contribution in [3.63, 3.8) is 0 Å². The van der Waals surface area contributed by atoms with Gasteiger partial charge in [0.05, 0.1) is 12.2 Å². The standard InChI is InChI=1S/C18H17ClN6O/c19-14-3-1-2-13(8-14)15-9-17(22-12-21-15)25-7-6-24-5-4-23(11-20)10-16(24)18(25)26/h1-3,8-9,12,16H,4-7,10H2/t16-/m1/s1. The molecular formula is C18H17ClN6O. The fourth-order valence-electron chi connectivity index (χ4n) is 3.46. The summed E-state index contributed by atoms with van der Waals surface area (Å²) in [5.74, 6) is 0.556. The molecule has 0 N–H and O–H groups in total. The van der Waals surface area contributed by atoms with E-state index >= 15 is 0 Å². The van der Waals surface area contributed by atoms with E-state index in [0.717, 1.165) is 24.3 Å². The number of nitriles is 1. The van der Waals surface area contributed by atoms with Gasteiger partial charge in [0.2, 0.25) is 5.91 Å². The molecule has 8 heteroatoms. The van der Waals surface area contributed by atoms with Gasteiger partial charge in [0.25, 0.3) is 0 Å². The largest absolute Gasteiger partial charge is 0.307 e. The lowest BCUT2D eigenvalue weighted by atomic mass is 10.1. The molecule has 0 spiro atoms. The van der Waals surface area contributed by atoms with E-state index in [2.05, 4.69) is 21.1 Å². The van der Waals surface area contributed by atoms with Gasteiger partial charge in [-0.1, -0.05) is 23.7 Å². The summed E-state index contributed by atoms with van der Waals surface area (Å²) in [6.45, 7) is 3.18. The number of anilines is 1. The summed E-state index contributed by atoms with van der Waals surface area (Å²) >= 11 is 6.07. The smallest absolute Gasteiger partial charge is 0.247 e. The molecule has 3 heterocycles. The van der Waals surface area contributed by atoms with Crippen LogP contribution in [0, 0.1) is 11.5 Å². The van der Waals surface area contributed by atoms with Crippen LogP contribution < -0.4 is 4.90 Å². The Bertz CT molecular complexity index is 882. The second-order valence-corrected chi connectivity index (χ2v) is 6.80. The van der Waals surface area contributed by atoms with Crippen LogP contribution in [0.1, 0.15) is 0 Å². The van der Waals surface area contributed by atoms with Gasteiger partial charge in [-0.3, -0.25) is 14.6 Å². The van der Waals surface area contributed by atoms with Crippen LogP contribution in [0.3, 0.4) is 0 Å².